The summed E-state index contributed by atoms with van der Waals surface area (Å²) in [6.07, 6.45) is -10.0. The third-order valence-corrected chi connectivity index (χ3v) is 4.99. The van der Waals surface area contributed by atoms with E-state index in [1.54, 1.807) is 30.3 Å². The molecule has 0 atom stereocenters. The molecule has 0 spiro atoms. The number of hydrogen-bond acceptors (Lipinski definition) is 4. The Morgan fingerprint density at radius 1 is 0.914 bits per heavy atom. The van der Waals surface area contributed by atoms with Crippen molar-refractivity contribution < 1.29 is 35.9 Å². The van der Waals surface area contributed by atoms with E-state index < -0.39 is 41.8 Å². The lowest BCUT2D eigenvalue weighted by atomic mass is 10.0. The number of carbonyl (C=O) groups is 2. The number of aryl methyl sites for hydroxylation is 1. The van der Waals surface area contributed by atoms with Crippen molar-refractivity contribution in [1.82, 2.24) is 14.9 Å². The first-order valence-electron chi connectivity index (χ1n) is 9.96. The van der Waals surface area contributed by atoms with E-state index >= 15 is 0 Å². The van der Waals surface area contributed by atoms with E-state index in [-0.39, 0.29) is 34.4 Å². The molecule has 0 fully saturated rings. The van der Waals surface area contributed by atoms with E-state index in [9.17, 15) is 35.9 Å². The Hall–Kier alpha value is -3.96. The Bertz CT molecular complexity index is 1240. The predicted octanol–water partition coefficient (Wildman–Crippen LogP) is 4.86. The van der Waals surface area contributed by atoms with Gasteiger partial charge in [0.1, 0.15) is 0 Å². The number of nitrogens with two attached hydrogens (primary N) is 1. The molecule has 35 heavy (non-hydrogen) atoms. The minimum absolute atomic E-state index is 0.0133. The standard InChI is InChI=1S/C23H18F6N4O2/c1-12-17(18(14-6-4-3-5-7-14)32-20(31-12)19(30)34)21(35)33(2)11-13-8-15(22(24,25)26)10-16(9-13)23(27,28)29/h3-10H,11H2,1-2H3,(H2,30,34). The minimum Gasteiger partial charge on any atom is -0.363 e. The number of aromatic nitrogens is 2. The van der Waals surface area contributed by atoms with Crippen LogP contribution in [0.4, 0.5) is 26.3 Å². The molecular formula is C23H18F6N4O2. The van der Waals surface area contributed by atoms with Crippen LogP contribution >= 0.6 is 0 Å². The van der Waals surface area contributed by atoms with Gasteiger partial charge in [0.15, 0.2) is 0 Å². The first kappa shape index (κ1) is 25.7. The van der Waals surface area contributed by atoms with E-state index in [1.807, 2.05) is 0 Å². The van der Waals surface area contributed by atoms with E-state index in [2.05, 4.69) is 9.97 Å². The molecule has 1 heterocycles. The van der Waals surface area contributed by atoms with Gasteiger partial charge in [0, 0.05) is 19.2 Å². The van der Waals surface area contributed by atoms with E-state index in [4.69, 9.17) is 5.73 Å². The second kappa shape index (κ2) is 9.35. The molecular weight excluding hydrogens is 478 g/mol. The molecule has 0 radical (unpaired) electrons. The highest BCUT2D eigenvalue weighted by Gasteiger charge is 2.37. The molecule has 12 heteroatoms. The molecule has 184 valence electrons. The van der Waals surface area contributed by atoms with Crippen LogP contribution < -0.4 is 5.73 Å². The van der Waals surface area contributed by atoms with Gasteiger partial charge in [-0.2, -0.15) is 26.3 Å². The molecule has 1 aromatic heterocycles. The third-order valence-electron chi connectivity index (χ3n) is 4.99. The SMILES string of the molecule is Cc1nc(C(N)=O)nc(-c2ccccc2)c1C(=O)N(C)Cc1cc(C(F)(F)F)cc(C(F)(F)F)c1. The van der Waals surface area contributed by atoms with Crippen molar-refractivity contribution >= 4 is 11.8 Å². The van der Waals surface area contributed by atoms with E-state index in [0.717, 1.165) is 4.90 Å². The van der Waals surface area contributed by atoms with Gasteiger partial charge in [-0.15, -0.1) is 0 Å². The summed E-state index contributed by atoms with van der Waals surface area (Å²) in [7, 11) is 1.21. The van der Waals surface area contributed by atoms with E-state index in [0.29, 0.717) is 17.7 Å². The molecule has 0 unspecified atom stereocenters. The monoisotopic (exact) mass is 496 g/mol. The van der Waals surface area contributed by atoms with Gasteiger partial charge in [0.2, 0.25) is 5.82 Å². The lowest BCUT2D eigenvalue weighted by molar-refractivity contribution is -0.143. The van der Waals surface area contributed by atoms with Gasteiger partial charge in [0.25, 0.3) is 11.8 Å². The van der Waals surface area contributed by atoms with Crippen molar-refractivity contribution in [2.75, 3.05) is 7.05 Å². The maximum Gasteiger partial charge on any atom is 0.416 e. The number of hydrogen-bond donors (Lipinski definition) is 1. The van der Waals surface area contributed by atoms with Gasteiger partial charge in [0.05, 0.1) is 28.1 Å². The van der Waals surface area contributed by atoms with Crippen LogP contribution in [0.25, 0.3) is 11.3 Å². The normalized spacial score (nSPS) is 11.9. The number of carbonyl (C=O) groups excluding carboxylic acids is 2. The van der Waals surface area contributed by atoms with Crippen LogP contribution in [0.1, 0.15) is 43.4 Å². The van der Waals surface area contributed by atoms with Crippen molar-refractivity contribution in [3.63, 3.8) is 0 Å². The first-order valence-corrected chi connectivity index (χ1v) is 9.96. The fraction of sp³-hybridized carbons (Fsp3) is 0.217. The van der Waals surface area contributed by atoms with Crippen LogP contribution in [0.5, 0.6) is 0 Å². The van der Waals surface area contributed by atoms with Crippen LogP contribution in [0.15, 0.2) is 48.5 Å². The minimum atomic E-state index is -5.02. The zero-order valence-corrected chi connectivity index (χ0v) is 18.3. The highest BCUT2D eigenvalue weighted by Crippen LogP contribution is 2.36. The van der Waals surface area contributed by atoms with Crippen LogP contribution in [-0.4, -0.2) is 33.7 Å². The van der Waals surface area contributed by atoms with Gasteiger partial charge >= 0.3 is 12.4 Å². The maximum atomic E-state index is 13.3. The Labute approximate surface area is 195 Å². The van der Waals surface area contributed by atoms with E-state index in [1.165, 1.54) is 14.0 Å². The zero-order valence-electron chi connectivity index (χ0n) is 18.3. The van der Waals surface area contributed by atoms with Crippen LogP contribution in [0.2, 0.25) is 0 Å². The summed E-state index contributed by atoms with van der Waals surface area (Å²) in [5.41, 5.74) is 2.37. The third kappa shape index (κ3) is 5.76. The molecule has 0 saturated heterocycles. The first-order chi connectivity index (χ1) is 16.2. The smallest absolute Gasteiger partial charge is 0.363 e. The maximum absolute atomic E-state index is 13.3. The van der Waals surface area contributed by atoms with Crippen LogP contribution in [-0.2, 0) is 18.9 Å². The quantitative estimate of drug-likeness (QED) is 0.511. The van der Waals surface area contributed by atoms with Crippen LogP contribution in [0, 0.1) is 6.92 Å². The highest BCUT2D eigenvalue weighted by molar-refractivity contribution is 6.01. The summed E-state index contributed by atoms with van der Waals surface area (Å²) >= 11 is 0. The number of amides is 2. The van der Waals surface area contributed by atoms with Crippen molar-refractivity contribution in [3.8, 4) is 11.3 Å². The number of benzene rings is 2. The molecule has 0 bridgehead atoms. The van der Waals surface area contributed by atoms with Gasteiger partial charge in [-0.05, 0) is 30.7 Å². The van der Waals surface area contributed by atoms with Gasteiger partial charge in [-0.3, -0.25) is 9.59 Å². The summed E-state index contributed by atoms with van der Waals surface area (Å²) in [6.45, 7) is 0.838. The Morgan fingerprint density at radius 2 is 1.46 bits per heavy atom. The molecule has 0 aliphatic carbocycles. The molecule has 3 rings (SSSR count). The van der Waals surface area contributed by atoms with Gasteiger partial charge in [-0.1, -0.05) is 30.3 Å². The van der Waals surface area contributed by atoms with Crippen molar-refractivity contribution in [2.45, 2.75) is 25.8 Å². The molecule has 0 saturated carbocycles. The molecule has 6 nitrogen and oxygen atoms in total. The number of halogens is 6. The molecule has 2 amide bonds. The molecule has 2 aromatic carbocycles. The number of rotatable bonds is 5. The second-order valence-corrected chi connectivity index (χ2v) is 7.66. The number of primary amides is 1. The largest absolute Gasteiger partial charge is 0.416 e. The molecule has 2 N–H and O–H groups in total. The summed E-state index contributed by atoms with van der Waals surface area (Å²) in [5.74, 6) is -2.07. The lowest BCUT2D eigenvalue weighted by Gasteiger charge is -2.22. The van der Waals surface area contributed by atoms with Gasteiger partial charge in [-0.25, -0.2) is 9.97 Å². The van der Waals surface area contributed by atoms with Crippen LogP contribution in [0.3, 0.4) is 0 Å². The Balaban J connectivity index is 2.06. The fourth-order valence-electron chi connectivity index (χ4n) is 3.39. The van der Waals surface area contributed by atoms with Gasteiger partial charge < -0.3 is 10.6 Å². The molecule has 0 aliphatic heterocycles. The number of nitrogens with zero attached hydrogens (tertiary/aromatic N) is 3. The average Bonchev–Trinajstić information content (AvgIpc) is 2.77. The summed E-state index contributed by atoms with van der Waals surface area (Å²) in [4.78, 5) is 33.9. The van der Waals surface area contributed by atoms with Crippen molar-refractivity contribution in [1.29, 1.82) is 0 Å². The van der Waals surface area contributed by atoms with Crippen molar-refractivity contribution in [2.24, 2.45) is 5.73 Å². The Kier molecular flexibility index (Phi) is 6.86. The zero-order chi connectivity index (χ0) is 26.1. The summed E-state index contributed by atoms with van der Waals surface area (Å²) in [6, 6.07) is 9.32. The topological polar surface area (TPSA) is 89.2 Å². The fourth-order valence-corrected chi connectivity index (χ4v) is 3.39. The second-order valence-electron chi connectivity index (χ2n) is 7.66. The average molecular weight is 496 g/mol. The lowest BCUT2D eigenvalue weighted by Crippen LogP contribution is -2.29. The summed E-state index contributed by atoms with van der Waals surface area (Å²) < 4.78 is 79.1. The molecule has 0 aliphatic rings. The highest BCUT2D eigenvalue weighted by atomic mass is 19.4. The number of alkyl halides is 6. The predicted molar refractivity (Wildman–Crippen MR) is 113 cm³/mol. The molecule has 3 aromatic rings. The Morgan fingerprint density at radius 3 is 1.94 bits per heavy atom. The van der Waals surface area contributed by atoms with Crippen molar-refractivity contribution in [3.05, 3.63) is 82.3 Å². The summed E-state index contributed by atoms with van der Waals surface area (Å²) in [5, 5.41) is 0.